The van der Waals surface area contributed by atoms with E-state index >= 15 is 0 Å². The van der Waals surface area contributed by atoms with Crippen molar-refractivity contribution < 1.29 is 5.11 Å². The van der Waals surface area contributed by atoms with Gasteiger partial charge in [0.25, 0.3) is 0 Å². The average Bonchev–Trinajstić information content (AvgIpc) is 3.38. The summed E-state index contributed by atoms with van der Waals surface area (Å²) < 4.78 is 1.73. The Hall–Kier alpha value is -4.00. The summed E-state index contributed by atoms with van der Waals surface area (Å²) in [6, 6.07) is 23.7. The van der Waals surface area contributed by atoms with E-state index in [1.54, 1.807) is 22.8 Å². The molecule has 0 fully saturated rings. The second-order valence-electron chi connectivity index (χ2n) is 9.20. The van der Waals surface area contributed by atoms with Gasteiger partial charge in [0.05, 0.1) is 11.2 Å². The van der Waals surface area contributed by atoms with Crippen molar-refractivity contribution in [1.82, 2.24) is 24.9 Å². The molecule has 1 atom stereocenters. The minimum Gasteiger partial charge on any atom is -0.375 e. The van der Waals surface area contributed by atoms with Crippen molar-refractivity contribution in [2.24, 2.45) is 0 Å². The third kappa shape index (κ3) is 4.39. The van der Waals surface area contributed by atoms with Gasteiger partial charge in [-0.1, -0.05) is 72.3 Å². The molecule has 0 aliphatic carbocycles. The van der Waals surface area contributed by atoms with Crippen molar-refractivity contribution in [3.8, 4) is 0 Å². The molecule has 2 heterocycles. The molecule has 5 aromatic rings. The van der Waals surface area contributed by atoms with Crippen molar-refractivity contribution in [1.29, 1.82) is 0 Å². The highest BCUT2D eigenvalue weighted by Crippen LogP contribution is 2.40. The van der Waals surface area contributed by atoms with Crippen molar-refractivity contribution in [2.45, 2.75) is 25.9 Å². The number of likely N-dealkylation sites (N-methyl/N-ethyl adjacent to an activating group) is 1. The van der Waals surface area contributed by atoms with E-state index in [1.165, 1.54) is 11.1 Å². The Balaban J connectivity index is 1.78. The lowest BCUT2D eigenvalue weighted by atomic mass is 9.81. The summed E-state index contributed by atoms with van der Waals surface area (Å²) in [5.41, 5.74) is 5.63. The standard InChI is InChI=1S/C30H28ClN5O/c1-5-28(35(4)6-2)30(37,23-10-13-25(31)14-11-23)24-12-15-27-26(19-24)22(18-29-32-33-34-36(27)29)17-21-9-7-8-20(3)16-21/h5-16,18-19,37H,2,17H2,1,3-4H3/b28-5-. The lowest BCUT2D eigenvalue weighted by molar-refractivity contribution is 0.0970. The number of halogens is 1. The Kier molecular flexibility index (Phi) is 6.54. The first-order valence-electron chi connectivity index (χ1n) is 12.1. The summed E-state index contributed by atoms with van der Waals surface area (Å²) in [6.45, 7) is 7.92. The first kappa shape index (κ1) is 24.7. The lowest BCUT2D eigenvalue weighted by Gasteiger charge is -2.36. The number of aromatic nitrogens is 4. The van der Waals surface area contributed by atoms with Gasteiger partial charge >= 0.3 is 0 Å². The zero-order valence-electron chi connectivity index (χ0n) is 21.1. The molecular formula is C30H28ClN5O. The largest absolute Gasteiger partial charge is 0.375 e. The Morgan fingerprint density at radius 3 is 2.54 bits per heavy atom. The van der Waals surface area contributed by atoms with Crippen LogP contribution in [0.5, 0.6) is 0 Å². The van der Waals surface area contributed by atoms with Crippen LogP contribution >= 0.6 is 11.6 Å². The van der Waals surface area contributed by atoms with Crippen LogP contribution in [0.1, 0.15) is 34.7 Å². The second kappa shape index (κ2) is 9.81. The Morgan fingerprint density at radius 1 is 1.08 bits per heavy atom. The maximum atomic E-state index is 12.5. The van der Waals surface area contributed by atoms with E-state index in [-0.39, 0.29) is 0 Å². The number of hydrogen-bond acceptors (Lipinski definition) is 5. The molecule has 37 heavy (non-hydrogen) atoms. The van der Waals surface area contributed by atoms with Crippen molar-refractivity contribution >= 4 is 28.2 Å². The van der Waals surface area contributed by atoms with Gasteiger partial charge < -0.3 is 10.0 Å². The molecule has 186 valence electrons. The molecule has 7 heteroatoms. The minimum atomic E-state index is -1.47. The normalized spacial score (nSPS) is 13.6. The Morgan fingerprint density at radius 2 is 1.84 bits per heavy atom. The summed E-state index contributed by atoms with van der Waals surface area (Å²) in [4.78, 5) is 1.83. The summed E-state index contributed by atoms with van der Waals surface area (Å²) in [7, 11) is 1.87. The highest BCUT2D eigenvalue weighted by Gasteiger charge is 2.37. The molecule has 0 bridgehead atoms. The summed E-state index contributed by atoms with van der Waals surface area (Å²) in [5, 5.41) is 26.4. The molecule has 0 radical (unpaired) electrons. The zero-order valence-corrected chi connectivity index (χ0v) is 21.8. The van der Waals surface area contributed by atoms with Crippen molar-refractivity contribution in [3.63, 3.8) is 0 Å². The molecule has 0 aliphatic rings. The first-order chi connectivity index (χ1) is 17.8. The van der Waals surface area contributed by atoms with E-state index in [4.69, 9.17) is 11.6 Å². The van der Waals surface area contributed by atoms with Crippen molar-refractivity contribution in [3.05, 3.63) is 130 Å². The highest BCUT2D eigenvalue weighted by atomic mass is 35.5. The van der Waals surface area contributed by atoms with Crippen LogP contribution in [-0.4, -0.2) is 37.1 Å². The number of nitrogens with zero attached hydrogens (tertiary/aromatic N) is 5. The molecule has 0 amide bonds. The van der Waals surface area contributed by atoms with Gasteiger partial charge in [0, 0.05) is 17.5 Å². The van der Waals surface area contributed by atoms with E-state index in [0.29, 0.717) is 33.9 Å². The van der Waals surface area contributed by atoms with Crippen LogP contribution in [0.2, 0.25) is 5.02 Å². The number of fused-ring (bicyclic) bond motifs is 3. The number of aryl methyl sites for hydroxylation is 1. The van der Waals surface area contributed by atoms with Gasteiger partial charge in [-0.05, 0) is 89.5 Å². The number of hydrogen-bond donors (Lipinski definition) is 1. The van der Waals surface area contributed by atoms with Gasteiger partial charge in [0.1, 0.15) is 0 Å². The lowest BCUT2D eigenvalue weighted by Crippen LogP contribution is -2.36. The average molecular weight is 510 g/mol. The maximum absolute atomic E-state index is 12.5. The Bertz CT molecular complexity index is 1640. The fraction of sp³-hybridized carbons (Fsp3) is 0.167. The van der Waals surface area contributed by atoms with Crippen LogP contribution in [0.15, 0.2) is 97.3 Å². The highest BCUT2D eigenvalue weighted by molar-refractivity contribution is 6.30. The molecule has 1 unspecified atom stereocenters. The predicted molar refractivity (Wildman–Crippen MR) is 148 cm³/mol. The van der Waals surface area contributed by atoms with Crippen LogP contribution in [0.25, 0.3) is 16.6 Å². The fourth-order valence-electron chi connectivity index (χ4n) is 5.00. The number of tetrazole rings is 1. The molecule has 2 aromatic heterocycles. The van der Waals surface area contributed by atoms with E-state index < -0.39 is 5.60 Å². The molecule has 0 saturated carbocycles. The molecule has 1 N–H and O–H groups in total. The van der Waals surface area contributed by atoms with Gasteiger partial charge in [-0.25, -0.2) is 0 Å². The number of allylic oxidation sites excluding steroid dienone is 1. The van der Waals surface area contributed by atoms with E-state index in [0.717, 1.165) is 16.5 Å². The van der Waals surface area contributed by atoms with Gasteiger partial charge in [-0.2, -0.15) is 4.52 Å². The summed E-state index contributed by atoms with van der Waals surface area (Å²) in [5.74, 6) is 0. The molecule has 0 saturated heterocycles. The minimum absolute atomic E-state index is 0.602. The predicted octanol–water partition coefficient (Wildman–Crippen LogP) is 6.05. The van der Waals surface area contributed by atoms with Gasteiger partial charge in [-0.15, -0.1) is 5.10 Å². The molecule has 5 rings (SSSR count). The summed E-state index contributed by atoms with van der Waals surface area (Å²) >= 11 is 6.20. The SMILES string of the molecule is C=CN(C)/C(=C\C)C(O)(c1ccc(Cl)cc1)c1ccc2c(c1)c(Cc1cccc(C)c1)cc1nnnn12. The number of pyridine rings is 1. The number of rotatable bonds is 7. The topological polar surface area (TPSA) is 66.5 Å². The Labute approximate surface area is 221 Å². The molecule has 0 aliphatic heterocycles. The molecule has 0 spiro atoms. The fourth-order valence-corrected chi connectivity index (χ4v) is 5.13. The van der Waals surface area contributed by atoms with Crippen LogP contribution < -0.4 is 0 Å². The van der Waals surface area contributed by atoms with E-state index in [1.807, 2.05) is 61.3 Å². The molecular weight excluding hydrogens is 482 g/mol. The van der Waals surface area contributed by atoms with E-state index in [2.05, 4.69) is 53.3 Å². The van der Waals surface area contributed by atoms with Crippen LogP contribution in [-0.2, 0) is 12.0 Å². The maximum Gasteiger partial charge on any atom is 0.180 e. The number of aliphatic hydroxyl groups is 1. The van der Waals surface area contributed by atoms with Crippen molar-refractivity contribution in [2.75, 3.05) is 7.05 Å². The number of benzene rings is 3. The third-order valence-corrected chi connectivity index (χ3v) is 7.07. The van der Waals surface area contributed by atoms with E-state index in [9.17, 15) is 5.11 Å². The zero-order chi connectivity index (χ0) is 26.2. The third-order valence-electron chi connectivity index (χ3n) is 6.82. The summed E-state index contributed by atoms with van der Waals surface area (Å²) in [6.07, 6.45) is 4.29. The van der Waals surface area contributed by atoms with Crippen LogP contribution in [0.4, 0.5) is 0 Å². The molecule has 3 aromatic carbocycles. The quantitative estimate of drug-likeness (QED) is 0.289. The molecule has 6 nitrogen and oxygen atoms in total. The smallest absolute Gasteiger partial charge is 0.180 e. The van der Waals surface area contributed by atoms with Gasteiger partial charge in [-0.3, -0.25) is 0 Å². The van der Waals surface area contributed by atoms with Crippen LogP contribution in [0.3, 0.4) is 0 Å². The first-order valence-corrected chi connectivity index (χ1v) is 12.4. The second-order valence-corrected chi connectivity index (χ2v) is 9.64. The monoisotopic (exact) mass is 509 g/mol. The van der Waals surface area contributed by atoms with Gasteiger partial charge in [0.2, 0.25) is 0 Å². The van der Waals surface area contributed by atoms with Gasteiger partial charge in [0.15, 0.2) is 11.2 Å². The van der Waals surface area contributed by atoms with Crippen LogP contribution in [0, 0.1) is 6.92 Å².